The van der Waals surface area contributed by atoms with E-state index in [2.05, 4.69) is 15.2 Å². The summed E-state index contributed by atoms with van der Waals surface area (Å²) in [6.45, 7) is 2.33. The Morgan fingerprint density at radius 1 is 1.35 bits per heavy atom. The van der Waals surface area contributed by atoms with E-state index in [1.165, 1.54) is 5.01 Å². The molecule has 1 aromatic carbocycles. The number of nitrogens with one attached hydrogen (secondary N) is 1. The number of benzene rings is 1. The SMILES string of the molecule is COc1ccc(NC(=O)CN2CCC(c3nccs3)CC2)cc1. The van der Waals surface area contributed by atoms with Crippen LogP contribution in [0.1, 0.15) is 23.8 Å². The number of carbonyl (C=O) groups is 1. The molecule has 3 rings (SSSR count). The van der Waals surface area contributed by atoms with Crippen LogP contribution in [0.5, 0.6) is 5.75 Å². The monoisotopic (exact) mass is 331 g/mol. The number of hydrogen-bond acceptors (Lipinski definition) is 5. The topological polar surface area (TPSA) is 54.5 Å². The molecule has 6 heteroatoms. The van der Waals surface area contributed by atoms with E-state index >= 15 is 0 Å². The van der Waals surface area contributed by atoms with Crippen LogP contribution in [0, 0.1) is 0 Å². The van der Waals surface area contributed by atoms with Gasteiger partial charge in [-0.3, -0.25) is 9.69 Å². The Labute approximate surface area is 140 Å². The highest BCUT2D eigenvalue weighted by Gasteiger charge is 2.23. The first-order valence-electron chi connectivity index (χ1n) is 7.80. The van der Waals surface area contributed by atoms with E-state index in [4.69, 9.17) is 4.74 Å². The van der Waals surface area contributed by atoms with Crippen molar-refractivity contribution in [1.29, 1.82) is 0 Å². The molecule has 0 atom stereocenters. The third-order valence-corrected chi connectivity index (χ3v) is 5.07. The molecule has 1 aliphatic rings. The van der Waals surface area contributed by atoms with Gasteiger partial charge in [0.05, 0.1) is 18.7 Å². The number of thiazole rings is 1. The van der Waals surface area contributed by atoms with Gasteiger partial charge in [0.15, 0.2) is 0 Å². The van der Waals surface area contributed by atoms with Gasteiger partial charge in [0.2, 0.25) is 5.91 Å². The summed E-state index contributed by atoms with van der Waals surface area (Å²) >= 11 is 1.73. The highest BCUT2D eigenvalue weighted by atomic mass is 32.1. The quantitative estimate of drug-likeness (QED) is 0.915. The van der Waals surface area contributed by atoms with Gasteiger partial charge >= 0.3 is 0 Å². The Kier molecular flexibility index (Phi) is 5.25. The van der Waals surface area contributed by atoms with Crippen LogP contribution in [0.4, 0.5) is 5.69 Å². The fourth-order valence-corrected chi connectivity index (χ4v) is 3.66. The zero-order chi connectivity index (χ0) is 16.1. The lowest BCUT2D eigenvalue weighted by atomic mass is 9.97. The second-order valence-corrected chi connectivity index (χ2v) is 6.62. The summed E-state index contributed by atoms with van der Waals surface area (Å²) in [5, 5.41) is 6.19. The predicted octanol–water partition coefficient (Wildman–Crippen LogP) is 2.97. The van der Waals surface area contributed by atoms with Crippen molar-refractivity contribution in [2.75, 3.05) is 32.1 Å². The van der Waals surface area contributed by atoms with Crippen LogP contribution >= 0.6 is 11.3 Å². The summed E-state index contributed by atoms with van der Waals surface area (Å²) in [4.78, 5) is 18.8. The number of rotatable bonds is 5. The first-order chi connectivity index (χ1) is 11.2. The maximum atomic E-state index is 12.2. The van der Waals surface area contributed by atoms with Gasteiger partial charge in [0.1, 0.15) is 5.75 Å². The van der Waals surface area contributed by atoms with Gasteiger partial charge in [0.25, 0.3) is 0 Å². The number of ether oxygens (including phenoxy) is 1. The maximum Gasteiger partial charge on any atom is 0.238 e. The number of likely N-dealkylation sites (tertiary alicyclic amines) is 1. The van der Waals surface area contributed by atoms with Crippen LogP contribution < -0.4 is 10.1 Å². The van der Waals surface area contributed by atoms with Gasteiger partial charge < -0.3 is 10.1 Å². The molecule has 1 aliphatic heterocycles. The number of piperidine rings is 1. The summed E-state index contributed by atoms with van der Waals surface area (Å²) in [7, 11) is 1.63. The second kappa shape index (κ2) is 7.57. The van der Waals surface area contributed by atoms with E-state index in [1.807, 2.05) is 35.8 Å². The molecule has 0 aliphatic carbocycles. The van der Waals surface area contributed by atoms with E-state index in [1.54, 1.807) is 18.4 Å². The lowest BCUT2D eigenvalue weighted by Gasteiger charge is -2.30. The molecule has 1 aromatic heterocycles. The van der Waals surface area contributed by atoms with Crippen molar-refractivity contribution >= 4 is 22.9 Å². The normalized spacial score (nSPS) is 16.2. The molecule has 0 saturated carbocycles. The van der Waals surface area contributed by atoms with Crippen LogP contribution in [0.15, 0.2) is 35.8 Å². The van der Waals surface area contributed by atoms with Crippen molar-refractivity contribution in [2.45, 2.75) is 18.8 Å². The van der Waals surface area contributed by atoms with Crippen molar-refractivity contribution in [3.8, 4) is 5.75 Å². The van der Waals surface area contributed by atoms with Crippen molar-refractivity contribution in [3.63, 3.8) is 0 Å². The van der Waals surface area contributed by atoms with E-state index in [0.717, 1.165) is 37.4 Å². The molecule has 122 valence electrons. The van der Waals surface area contributed by atoms with E-state index < -0.39 is 0 Å². The Morgan fingerprint density at radius 2 is 2.09 bits per heavy atom. The number of hydrogen-bond donors (Lipinski definition) is 1. The van der Waals surface area contributed by atoms with E-state index in [-0.39, 0.29) is 5.91 Å². The fraction of sp³-hybridized carbons (Fsp3) is 0.412. The van der Waals surface area contributed by atoms with Crippen molar-refractivity contribution < 1.29 is 9.53 Å². The lowest BCUT2D eigenvalue weighted by Crippen LogP contribution is -2.38. The average Bonchev–Trinajstić information content (AvgIpc) is 3.11. The maximum absolute atomic E-state index is 12.2. The summed E-state index contributed by atoms with van der Waals surface area (Å²) in [6.07, 6.45) is 4.02. The molecule has 1 saturated heterocycles. The Balaban J connectivity index is 1.45. The zero-order valence-corrected chi connectivity index (χ0v) is 14.0. The highest BCUT2D eigenvalue weighted by Crippen LogP contribution is 2.29. The number of methoxy groups -OCH3 is 1. The molecule has 23 heavy (non-hydrogen) atoms. The largest absolute Gasteiger partial charge is 0.497 e. The minimum Gasteiger partial charge on any atom is -0.497 e. The van der Waals surface area contributed by atoms with Crippen LogP contribution in [0.2, 0.25) is 0 Å². The number of anilines is 1. The number of amides is 1. The Bertz CT molecular complexity index is 620. The molecule has 0 radical (unpaired) electrons. The number of aromatic nitrogens is 1. The minimum atomic E-state index is 0.0304. The van der Waals surface area contributed by atoms with Crippen molar-refractivity contribution in [2.24, 2.45) is 0 Å². The van der Waals surface area contributed by atoms with Gasteiger partial charge in [-0.05, 0) is 50.2 Å². The van der Waals surface area contributed by atoms with Gasteiger partial charge in [-0.1, -0.05) is 0 Å². The summed E-state index contributed by atoms with van der Waals surface area (Å²) < 4.78 is 5.11. The predicted molar refractivity (Wildman–Crippen MR) is 92.2 cm³/mol. The van der Waals surface area contributed by atoms with Crippen LogP contribution in [-0.2, 0) is 4.79 Å². The summed E-state index contributed by atoms with van der Waals surface area (Å²) in [6, 6.07) is 7.39. The first kappa shape index (κ1) is 16.0. The second-order valence-electron chi connectivity index (χ2n) is 5.70. The van der Waals surface area contributed by atoms with Gasteiger partial charge in [-0.15, -0.1) is 11.3 Å². The molecule has 0 unspecified atom stereocenters. The third kappa shape index (κ3) is 4.30. The summed E-state index contributed by atoms with van der Waals surface area (Å²) in [5.41, 5.74) is 0.800. The molecule has 1 N–H and O–H groups in total. The van der Waals surface area contributed by atoms with Gasteiger partial charge in [-0.2, -0.15) is 0 Å². The smallest absolute Gasteiger partial charge is 0.238 e. The zero-order valence-electron chi connectivity index (χ0n) is 13.2. The Morgan fingerprint density at radius 3 is 2.70 bits per heavy atom. The average molecular weight is 331 g/mol. The standard InChI is InChI=1S/C17H21N3O2S/c1-22-15-4-2-14(3-5-15)19-16(21)12-20-9-6-13(7-10-20)17-18-8-11-23-17/h2-5,8,11,13H,6-7,9-10,12H2,1H3,(H,19,21). The molecule has 2 heterocycles. The van der Waals surface area contributed by atoms with Crippen LogP contribution in [0.25, 0.3) is 0 Å². The highest BCUT2D eigenvalue weighted by molar-refractivity contribution is 7.09. The van der Waals surface area contributed by atoms with Gasteiger partial charge in [-0.25, -0.2) is 4.98 Å². The molecule has 1 amide bonds. The molecule has 1 fully saturated rings. The lowest BCUT2D eigenvalue weighted by molar-refractivity contribution is -0.117. The van der Waals surface area contributed by atoms with Crippen molar-refractivity contribution in [1.82, 2.24) is 9.88 Å². The molecular formula is C17H21N3O2S. The van der Waals surface area contributed by atoms with Crippen LogP contribution in [-0.4, -0.2) is 42.5 Å². The van der Waals surface area contributed by atoms with Gasteiger partial charge in [0, 0.05) is 23.2 Å². The molecule has 0 spiro atoms. The van der Waals surface area contributed by atoms with E-state index in [0.29, 0.717) is 12.5 Å². The first-order valence-corrected chi connectivity index (χ1v) is 8.68. The van der Waals surface area contributed by atoms with E-state index in [9.17, 15) is 4.79 Å². The number of nitrogens with zero attached hydrogens (tertiary/aromatic N) is 2. The molecule has 0 bridgehead atoms. The summed E-state index contributed by atoms with van der Waals surface area (Å²) in [5.74, 6) is 1.37. The Hall–Kier alpha value is -1.92. The molecule has 5 nitrogen and oxygen atoms in total. The molecule has 2 aromatic rings. The van der Waals surface area contributed by atoms with Crippen LogP contribution in [0.3, 0.4) is 0 Å². The van der Waals surface area contributed by atoms with Crippen molar-refractivity contribution in [3.05, 3.63) is 40.8 Å². The fourth-order valence-electron chi connectivity index (χ4n) is 2.85. The third-order valence-electron chi connectivity index (χ3n) is 4.13. The minimum absolute atomic E-state index is 0.0304. The molecular weight excluding hydrogens is 310 g/mol. The number of carbonyl (C=O) groups excluding carboxylic acids is 1.